The molecule has 0 amide bonds. The largest absolute Gasteiger partial charge is 0.484 e. The monoisotopic (exact) mass is 636 g/mol. The second-order valence-electron chi connectivity index (χ2n) is 9.47. The average Bonchev–Trinajstić information content (AvgIpc) is 3.00. The summed E-state index contributed by atoms with van der Waals surface area (Å²) < 4.78 is 15.5. The normalized spacial score (nSPS) is 12.8. The molecular weight excluding hydrogens is 612 g/mol. The molecule has 0 radical (unpaired) electrons. The Labute approximate surface area is 245 Å². The van der Waals surface area contributed by atoms with E-state index in [0.29, 0.717) is 6.42 Å². The minimum absolute atomic E-state index is 0.242. The Bertz CT molecular complexity index is 1590. The molecule has 6 aromatic carbocycles. The molecule has 0 N–H and O–H groups in total. The van der Waals surface area contributed by atoms with E-state index in [0.717, 1.165) is 42.3 Å². The first kappa shape index (κ1) is 25.7. The maximum atomic E-state index is 6.79. The fourth-order valence-electron chi connectivity index (χ4n) is 4.95. The van der Waals surface area contributed by atoms with Gasteiger partial charge in [-0.3, -0.25) is 0 Å². The maximum absolute atomic E-state index is 6.79. The molecule has 192 valence electrons. The fraction of sp³-hybridized carbons (Fsp3) is 0.0857. The highest BCUT2D eigenvalue weighted by Gasteiger charge is 2.25. The molecule has 0 aliphatic carbocycles. The molecule has 0 saturated heterocycles. The molecule has 6 aromatic rings. The number of halogens is 2. The van der Waals surface area contributed by atoms with Gasteiger partial charge in [-0.05, 0) is 76.7 Å². The second kappa shape index (κ2) is 11.6. The molecule has 0 aromatic heterocycles. The number of rotatable bonds is 8. The molecule has 0 saturated carbocycles. The summed E-state index contributed by atoms with van der Waals surface area (Å²) in [4.78, 5) is 0. The molecule has 0 fully saturated rings. The van der Waals surface area contributed by atoms with Crippen LogP contribution in [0.5, 0.6) is 11.5 Å². The van der Waals surface area contributed by atoms with Crippen molar-refractivity contribution in [3.05, 3.63) is 154 Å². The summed E-state index contributed by atoms with van der Waals surface area (Å²) in [6.07, 6.45) is 0.133. The molecular formula is C35H26Br2O2. The Morgan fingerprint density at radius 1 is 0.436 bits per heavy atom. The van der Waals surface area contributed by atoms with Gasteiger partial charge < -0.3 is 9.47 Å². The maximum Gasteiger partial charge on any atom is 0.135 e. The molecule has 2 nitrogen and oxygen atoms in total. The number of hydrogen-bond donors (Lipinski definition) is 0. The molecule has 4 heteroatoms. The molecule has 0 bridgehead atoms. The van der Waals surface area contributed by atoms with Crippen LogP contribution in [0.15, 0.2) is 142 Å². The van der Waals surface area contributed by atoms with Crippen molar-refractivity contribution >= 4 is 53.4 Å². The Kier molecular flexibility index (Phi) is 7.67. The average molecular weight is 638 g/mol. The molecule has 2 atom stereocenters. The van der Waals surface area contributed by atoms with Gasteiger partial charge in [0.2, 0.25) is 0 Å². The summed E-state index contributed by atoms with van der Waals surface area (Å²) in [5.74, 6) is 1.61. The van der Waals surface area contributed by atoms with Crippen molar-refractivity contribution in [1.82, 2.24) is 0 Å². The minimum atomic E-state index is -0.242. The van der Waals surface area contributed by atoms with E-state index in [1.54, 1.807) is 0 Å². The van der Waals surface area contributed by atoms with E-state index < -0.39 is 0 Å². The summed E-state index contributed by atoms with van der Waals surface area (Å²) in [5.41, 5.74) is 2.19. The van der Waals surface area contributed by atoms with E-state index in [1.807, 2.05) is 36.4 Å². The number of fused-ring (bicyclic) bond motifs is 2. The van der Waals surface area contributed by atoms with Crippen LogP contribution >= 0.6 is 31.9 Å². The van der Waals surface area contributed by atoms with Crippen LogP contribution in [0.4, 0.5) is 0 Å². The van der Waals surface area contributed by atoms with E-state index in [4.69, 9.17) is 9.47 Å². The molecule has 0 unspecified atom stereocenters. The van der Waals surface area contributed by atoms with E-state index in [-0.39, 0.29) is 12.2 Å². The van der Waals surface area contributed by atoms with E-state index >= 15 is 0 Å². The van der Waals surface area contributed by atoms with E-state index in [2.05, 4.69) is 129 Å². The molecule has 0 aliphatic heterocycles. The van der Waals surface area contributed by atoms with Crippen LogP contribution < -0.4 is 9.47 Å². The predicted octanol–water partition coefficient (Wildman–Crippen LogP) is 10.8. The van der Waals surface area contributed by atoms with Crippen LogP contribution in [0.25, 0.3) is 21.5 Å². The van der Waals surface area contributed by atoms with Crippen molar-refractivity contribution < 1.29 is 9.47 Å². The summed E-state index contributed by atoms with van der Waals surface area (Å²) >= 11 is 7.64. The zero-order valence-electron chi connectivity index (χ0n) is 21.1. The van der Waals surface area contributed by atoms with Crippen molar-refractivity contribution in [2.75, 3.05) is 0 Å². The van der Waals surface area contributed by atoms with Gasteiger partial charge >= 0.3 is 0 Å². The smallest absolute Gasteiger partial charge is 0.135 e. The summed E-state index contributed by atoms with van der Waals surface area (Å²) in [6, 6.07) is 45.7. The lowest BCUT2D eigenvalue weighted by Crippen LogP contribution is -2.17. The SMILES string of the molecule is Brc1c(O[C@H](C[C@@H](Oc2ccc3ccccc3c2Br)c2ccccc2)c2ccccc2)ccc2ccccc12. The Morgan fingerprint density at radius 2 is 0.821 bits per heavy atom. The number of ether oxygens (including phenoxy) is 2. The van der Waals surface area contributed by atoms with Crippen molar-refractivity contribution in [2.45, 2.75) is 18.6 Å². The lowest BCUT2D eigenvalue weighted by Gasteiger charge is -2.27. The lowest BCUT2D eigenvalue weighted by molar-refractivity contribution is 0.110. The van der Waals surface area contributed by atoms with Crippen LogP contribution in [-0.4, -0.2) is 0 Å². The zero-order valence-corrected chi connectivity index (χ0v) is 24.3. The first-order valence-electron chi connectivity index (χ1n) is 12.9. The van der Waals surface area contributed by atoms with E-state index in [1.165, 1.54) is 10.8 Å². The zero-order chi connectivity index (χ0) is 26.6. The van der Waals surface area contributed by atoms with E-state index in [9.17, 15) is 0 Å². The first-order chi connectivity index (χ1) is 19.2. The lowest BCUT2D eigenvalue weighted by atomic mass is 9.98. The number of hydrogen-bond acceptors (Lipinski definition) is 2. The predicted molar refractivity (Wildman–Crippen MR) is 168 cm³/mol. The van der Waals surface area contributed by atoms with Crippen LogP contribution in [0.1, 0.15) is 29.8 Å². The van der Waals surface area contributed by atoms with Crippen LogP contribution in [0.2, 0.25) is 0 Å². The quantitative estimate of drug-likeness (QED) is 0.165. The van der Waals surface area contributed by atoms with Gasteiger partial charge in [-0.15, -0.1) is 0 Å². The summed E-state index contributed by atoms with van der Waals surface area (Å²) in [6.45, 7) is 0. The van der Waals surface area contributed by atoms with Gasteiger partial charge in [0.05, 0.1) is 8.95 Å². The summed E-state index contributed by atoms with van der Waals surface area (Å²) in [7, 11) is 0. The third-order valence-electron chi connectivity index (χ3n) is 6.97. The van der Waals surface area contributed by atoms with Gasteiger partial charge in [-0.25, -0.2) is 0 Å². The van der Waals surface area contributed by atoms with Crippen LogP contribution in [0.3, 0.4) is 0 Å². The third-order valence-corrected chi connectivity index (χ3v) is 8.60. The standard InChI is InChI=1S/C35H26Br2O2/c36-34-28-17-9-7-11-24(28)19-21-30(34)38-32(26-13-3-1-4-14-26)23-33(27-15-5-2-6-16-27)39-31-22-20-25-12-8-10-18-29(25)35(31)37/h1-22,32-33H,23H2/t32-,33-/m1/s1. The highest BCUT2D eigenvalue weighted by Crippen LogP contribution is 2.41. The van der Waals surface area contributed by atoms with Crippen molar-refractivity contribution in [1.29, 1.82) is 0 Å². The Balaban J connectivity index is 1.38. The van der Waals surface area contributed by atoms with Gasteiger partial charge in [0.1, 0.15) is 23.7 Å². The van der Waals surface area contributed by atoms with Gasteiger partial charge in [0.15, 0.2) is 0 Å². The Hall–Kier alpha value is -3.60. The van der Waals surface area contributed by atoms with Crippen LogP contribution in [-0.2, 0) is 0 Å². The van der Waals surface area contributed by atoms with Gasteiger partial charge in [0, 0.05) is 6.42 Å². The highest BCUT2D eigenvalue weighted by atomic mass is 79.9. The fourth-order valence-corrected chi connectivity index (χ4v) is 6.12. The third kappa shape index (κ3) is 5.59. The van der Waals surface area contributed by atoms with Gasteiger partial charge in [0.25, 0.3) is 0 Å². The highest BCUT2D eigenvalue weighted by molar-refractivity contribution is 9.11. The van der Waals surface area contributed by atoms with Gasteiger partial charge in [-0.2, -0.15) is 0 Å². The van der Waals surface area contributed by atoms with Crippen molar-refractivity contribution in [3.63, 3.8) is 0 Å². The molecule has 0 heterocycles. The van der Waals surface area contributed by atoms with Gasteiger partial charge in [-0.1, -0.05) is 121 Å². The molecule has 6 rings (SSSR count). The van der Waals surface area contributed by atoms with Crippen molar-refractivity contribution in [2.24, 2.45) is 0 Å². The topological polar surface area (TPSA) is 18.5 Å². The molecule has 0 aliphatic rings. The molecule has 0 spiro atoms. The Morgan fingerprint density at radius 3 is 1.26 bits per heavy atom. The minimum Gasteiger partial charge on any atom is -0.484 e. The second-order valence-corrected chi connectivity index (χ2v) is 11.1. The number of benzene rings is 6. The van der Waals surface area contributed by atoms with Crippen molar-refractivity contribution in [3.8, 4) is 11.5 Å². The first-order valence-corrected chi connectivity index (χ1v) is 14.5. The van der Waals surface area contributed by atoms with Crippen LogP contribution in [0, 0.1) is 0 Å². The summed E-state index contributed by atoms with van der Waals surface area (Å²) in [5, 5.41) is 4.58. The molecule has 39 heavy (non-hydrogen) atoms.